The van der Waals surface area contributed by atoms with Gasteiger partial charge in [0.1, 0.15) is 10.8 Å². The fourth-order valence-electron chi connectivity index (χ4n) is 3.27. The van der Waals surface area contributed by atoms with Gasteiger partial charge in [0, 0.05) is 17.1 Å². The van der Waals surface area contributed by atoms with Crippen LogP contribution in [0, 0.1) is 0 Å². The molecule has 0 unspecified atom stereocenters. The van der Waals surface area contributed by atoms with Gasteiger partial charge in [0.05, 0.1) is 16.4 Å². The second kappa shape index (κ2) is 11.7. The van der Waals surface area contributed by atoms with E-state index >= 15 is 0 Å². The number of ether oxygens (including phenoxy) is 2. The van der Waals surface area contributed by atoms with Gasteiger partial charge in [0.2, 0.25) is 0 Å². The van der Waals surface area contributed by atoms with Crippen LogP contribution in [0.5, 0.6) is 11.5 Å². The Morgan fingerprint density at radius 2 is 1.89 bits per heavy atom. The van der Waals surface area contributed by atoms with E-state index in [0.717, 1.165) is 28.7 Å². The Balaban J connectivity index is 1.63. The van der Waals surface area contributed by atoms with E-state index in [-0.39, 0.29) is 22.5 Å². The third kappa shape index (κ3) is 6.39. The highest BCUT2D eigenvalue weighted by molar-refractivity contribution is 8.19. The Morgan fingerprint density at radius 3 is 2.57 bits per heavy atom. The number of carbonyl (C=O) groups is 1. The fraction of sp³-hybridized carbons (Fsp3) is 0.120. The predicted molar refractivity (Wildman–Crippen MR) is 150 cm³/mol. The molecule has 37 heavy (non-hydrogen) atoms. The van der Waals surface area contributed by atoms with E-state index in [0.29, 0.717) is 31.3 Å². The summed E-state index contributed by atoms with van der Waals surface area (Å²) < 4.78 is 41.2. The molecule has 0 saturated carbocycles. The predicted octanol–water partition coefficient (Wildman–Crippen LogP) is 6.49. The first-order valence-electron chi connectivity index (χ1n) is 10.7. The topological polar surface area (TPSA) is 85.3 Å². The maximum Gasteiger partial charge on any atom is 0.294 e. The van der Waals surface area contributed by atoms with Crippen molar-refractivity contribution in [1.29, 1.82) is 0 Å². The number of thioether (sulfide) groups is 1. The SMILES string of the molecule is C=CCN1C(=O)/C(=C/c2ccc(OC)c(OCc3ccccc3Cl)c2)SC1=NS(=O)(=O)c1ccc(Cl)s1. The van der Waals surface area contributed by atoms with Crippen LogP contribution in [0.3, 0.4) is 0 Å². The minimum atomic E-state index is -4.05. The number of rotatable bonds is 9. The van der Waals surface area contributed by atoms with E-state index in [9.17, 15) is 13.2 Å². The zero-order chi connectivity index (χ0) is 26.6. The molecule has 1 aliphatic rings. The average molecular weight is 596 g/mol. The highest BCUT2D eigenvalue weighted by atomic mass is 35.5. The Kier molecular flexibility index (Phi) is 8.66. The van der Waals surface area contributed by atoms with Crippen molar-refractivity contribution in [3.63, 3.8) is 0 Å². The first-order chi connectivity index (χ1) is 17.7. The van der Waals surface area contributed by atoms with Crippen molar-refractivity contribution in [1.82, 2.24) is 4.90 Å². The Bertz CT molecular complexity index is 1520. The van der Waals surface area contributed by atoms with Crippen molar-refractivity contribution in [3.05, 3.63) is 92.6 Å². The summed E-state index contributed by atoms with van der Waals surface area (Å²) in [6.07, 6.45) is 3.14. The number of hydrogen-bond donors (Lipinski definition) is 0. The summed E-state index contributed by atoms with van der Waals surface area (Å²) in [4.78, 5) is 14.7. The molecule has 0 atom stereocenters. The van der Waals surface area contributed by atoms with Crippen molar-refractivity contribution >= 4 is 73.5 Å². The summed E-state index contributed by atoms with van der Waals surface area (Å²) >= 11 is 14.0. The number of sulfonamides is 1. The van der Waals surface area contributed by atoms with E-state index in [1.54, 1.807) is 30.3 Å². The molecule has 0 aliphatic carbocycles. The number of nitrogens with zero attached hydrogens (tertiary/aromatic N) is 2. The average Bonchev–Trinajstić information content (AvgIpc) is 3.43. The van der Waals surface area contributed by atoms with Gasteiger partial charge in [-0.05, 0) is 53.7 Å². The lowest BCUT2D eigenvalue weighted by molar-refractivity contribution is -0.121. The van der Waals surface area contributed by atoms with Crippen molar-refractivity contribution < 1.29 is 22.7 Å². The van der Waals surface area contributed by atoms with E-state index in [2.05, 4.69) is 11.0 Å². The van der Waals surface area contributed by atoms with Gasteiger partial charge >= 0.3 is 0 Å². The number of methoxy groups -OCH3 is 1. The molecule has 2 aromatic carbocycles. The third-order valence-corrected chi connectivity index (χ3v) is 9.48. The Labute approximate surface area is 233 Å². The highest BCUT2D eigenvalue weighted by Crippen LogP contribution is 2.36. The van der Waals surface area contributed by atoms with Crippen LogP contribution in [0.15, 0.2) is 80.8 Å². The maximum absolute atomic E-state index is 13.1. The molecule has 4 rings (SSSR count). The lowest BCUT2D eigenvalue weighted by atomic mass is 10.1. The van der Waals surface area contributed by atoms with Gasteiger partial charge in [-0.1, -0.05) is 53.5 Å². The summed E-state index contributed by atoms with van der Waals surface area (Å²) in [7, 11) is -2.52. The lowest BCUT2D eigenvalue weighted by Crippen LogP contribution is -2.29. The van der Waals surface area contributed by atoms with Crippen molar-refractivity contribution in [2.75, 3.05) is 13.7 Å². The van der Waals surface area contributed by atoms with E-state index < -0.39 is 15.9 Å². The van der Waals surface area contributed by atoms with Crippen LogP contribution in [0.1, 0.15) is 11.1 Å². The smallest absolute Gasteiger partial charge is 0.294 e. The van der Waals surface area contributed by atoms with E-state index in [1.165, 1.54) is 30.2 Å². The van der Waals surface area contributed by atoms with Gasteiger partial charge in [-0.25, -0.2) is 0 Å². The van der Waals surface area contributed by atoms with Crippen molar-refractivity contribution in [2.45, 2.75) is 10.8 Å². The molecular formula is C25H20Cl2N2O5S3. The standard InChI is InChI=1S/C25H20Cl2N2O5S3/c1-3-12-29-24(30)21(35-25(29)28-37(31,32)23-11-10-22(27)36-23)14-16-8-9-19(33-2)20(13-16)34-15-17-6-4-5-7-18(17)26/h3-11,13-14H,1,12,15H2,2H3/b21-14-,28-25?. The van der Waals surface area contributed by atoms with Crippen LogP contribution < -0.4 is 9.47 Å². The quantitative estimate of drug-likeness (QED) is 0.208. The van der Waals surface area contributed by atoms with Crippen LogP contribution in [-0.4, -0.2) is 38.0 Å². The lowest BCUT2D eigenvalue weighted by Gasteiger charge is -2.13. The maximum atomic E-state index is 13.1. The molecule has 7 nitrogen and oxygen atoms in total. The second-order valence-corrected chi connectivity index (χ2v) is 12.5. The van der Waals surface area contributed by atoms with Gasteiger partial charge in [0.15, 0.2) is 16.7 Å². The number of amides is 1. The number of benzene rings is 2. The molecule has 0 spiro atoms. The number of thiophene rings is 1. The molecule has 0 bridgehead atoms. The van der Waals surface area contributed by atoms with Gasteiger partial charge in [-0.15, -0.1) is 22.3 Å². The van der Waals surface area contributed by atoms with Crippen LogP contribution >= 0.6 is 46.3 Å². The molecule has 1 fully saturated rings. The molecule has 0 radical (unpaired) electrons. The van der Waals surface area contributed by atoms with Gasteiger partial charge in [0.25, 0.3) is 15.9 Å². The third-order valence-electron chi connectivity index (χ3n) is 5.03. The Hall–Kier alpha value is -2.76. The molecule has 192 valence electrons. The number of amidine groups is 1. The Morgan fingerprint density at radius 1 is 1.11 bits per heavy atom. The minimum Gasteiger partial charge on any atom is -0.493 e. The minimum absolute atomic E-state index is 0.00973. The summed E-state index contributed by atoms with van der Waals surface area (Å²) in [5, 5.41) is 0.617. The number of halogens is 2. The van der Waals surface area contributed by atoms with Crippen LogP contribution in [0.25, 0.3) is 6.08 Å². The van der Waals surface area contributed by atoms with Crippen LogP contribution in [0.2, 0.25) is 9.36 Å². The monoisotopic (exact) mass is 594 g/mol. The molecule has 3 aromatic rings. The van der Waals surface area contributed by atoms with Crippen LogP contribution in [-0.2, 0) is 21.4 Å². The summed E-state index contributed by atoms with van der Waals surface area (Å²) in [5.74, 6) is 0.578. The molecule has 1 aromatic heterocycles. The summed E-state index contributed by atoms with van der Waals surface area (Å²) in [6, 6.07) is 15.4. The van der Waals surface area contributed by atoms with E-state index in [4.69, 9.17) is 32.7 Å². The zero-order valence-corrected chi connectivity index (χ0v) is 23.3. The highest BCUT2D eigenvalue weighted by Gasteiger charge is 2.34. The molecular weight excluding hydrogens is 575 g/mol. The second-order valence-electron chi connectivity index (χ2n) is 7.51. The molecule has 1 saturated heterocycles. The van der Waals surface area contributed by atoms with Crippen molar-refractivity contribution in [2.24, 2.45) is 4.40 Å². The van der Waals surface area contributed by atoms with Gasteiger partial charge in [-0.2, -0.15) is 8.42 Å². The molecule has 1 aliphatic heterocycles. The molecule has 1 amide bonds. The molecule has 2 heterocycles. The normalized spacial score (nSPS) is 16.0. The number of carbonyl (C=O) groups excluding carboxylic acids is 1. The molecule has 12 heteroatoms. The number of hydrogen-bond acceptors (Lipinski definition) is 7. The largest absolute Gasteiger partial charge is 0.493 e. The van der Waals surface area contributed by atoms with Gasteiger partial charge < -0.3 is 9.47 Å². The van der Waals surface area contributed by atoms with Crippen LogP contribution in [0.4, 0.5) is 0 Å². The zero-order valence-electron chi connectivity index (χ0n) is 19.4. The summed E-state index contributed by atoms with van der Waals surface area (Å²) in [6.45, 7) is 3.98. The van der Waals surface area contributed by atoms with E-state index in [1.807, 2.05) is 18.2 Å². The summed E-state index contributed by atoms with van der Waals surface area (Å²) in [5.41, 5.74) is 1.46. The fourth-order valence-corrected chi connectivity index (χ4v) is 7.11. The van der Waals surface area contributed by atoms with Crippen molar-refractivity contribution in [3.8, 4) is 11.5 Å². The van der Waals surface area contributed by atoms with Gasteiger partial charge in [-0.3, -0.25) is 9.69 Å². The molecule has 0 N–H and O–H groups in total. The first kappa shape index (κ1) is 27.3. The first-order valence-corrected chi connectivity index (χ1v) is 14.5.